The number of nitrogens with zero attached hydrogens (tertiary/aromatic N) is 1. The summed E-state index contributed by atoms with van der Waals surface area (Å²) in [6.45, 7) is 5.89. The first-order chi connectivity index (χ1) is 9.54. The number of hydrogen-bond donors (Lipinski definition) is 2. The van der Waals surface area contributed by atoms with E-state index in [0.29, 0.717) is 5.69 Å². The maximum absolute atomic E-state index is 11.8. The Labute approximate surface area is 119 Å². The molecule has 1 aromatic carbocycles. The number of carbonyl (C=O) groups is 1. The van der Waals surface area contributed by atoms with E-state index in [2.05, 4.69) is 21.7 Å². The van der Waals surface area contributed by atoms with Gasteiger partial charge < -0.3 is 10.6 Å². The summed E-state index contributed by atoms with van der Waals surface area (Å²) < 4.78 is 0. The summed E-state index contributed by atoms with van der Waals surface area (Å²) in [4.78, 5) is 16.0. The largest absolute Gasteiger partial charge is 0.354 e. The fourth-order valence-corrected chi connectivity index (χ4v) is 1.83. The molecule has 1 heterocycles. The van der Waals surface area contributed by atoms with Crippen LogP contribution in [0.1, 0.15) is 29.9 Å². The van der Waals surface area contributed by atoms with Crippen LogP contribution in [0.5, 0.6) is 0 Å². The highest BCUT2D eigenvalue weighted by Gasteiger charge is 2.07. The minimum absolute atomic E-state index is 0.106. The van der Waals surface area contributed by atoms with Crippen molar-refractivity contribution in [1.29, 1.82) is 0 Å². The van der Waals surface area contributed by atoms with Crippen molar-refractivity contribution < 1.29 is 4.79 Å². The van der Waals surface area contributed by atoms with Gasteiger partial charge in [-0.1, -0.05) is 12.1 Å². The molecule has 0 aliphatic rings. The molecule has 0 atom stereocenters. The van der Waals surface area contributed by atoms with E-state index in [4.69, 9.17) is 0 Å². The molecule has 2 aromatic rings. The molecule has 0 bridgehead atoms. The normalized spacial score (nSPS) is 10.4. The maximum atomic E-state index is 11.8. The highest BCUT2D eigenvalue weighted by atomic mass is 16.1. The maximum Gasteiger partial charge on any atom is 0.270 e. The predicted octanol–water partition coefficient (Wildman–Crippen LogP) is 3.27. The first-order valence-corrected chi connectivity index (χ1v) is 6.65. The Kier molecular flexibility index (Phi) is 4.35. The van der Waals surface area contributed by atoms with E-state index >= 15 is 0 Å². The third-order valence-corrected chi connectivity index (χ3v) is 2.72. The van der Waals surface area contributed by atoms with Gasteiger partial charge in [-0.05, 0) is 50.6 Å². The number of anilines is 2. The molecule has 0 unspecified atom stereocenters. The van der Waals surface area contributed by atoms with Gasteiger partial charge in [-0.25, -0.2) is 4.98 Å². The lowest BCUT2D eigenvalue weighted by Gasteiger charge is -2.09. The van der Waals surface area contributed by atoms with Crippen molar-refractivity contribution in [2.24, 2.45) is 0 Å². The number of pyridine rings is 1. The average Bonchev–Trinajstić information content (AvgIpc) is 2.38. The first kappa shape index (κ1) is 14.1. The molecule has 0 aliphatic heterocycles. The van der Waals surface area contributed by atoms with Crippen molar-refractivity contribution in [2.45, 2.75) is 26.8 Å². The standard InChI is InChI=1S/C16H19N3O/c1-11(2)18-16(20)15-8-7-14(10-17-15)19-13-6-4-5-12(3)9-13/h4-11,19H,1-3H3,(H,18,20). The fraction of sp³-hybridized carbons (Fsp3) is 0.250. The summed E-state index contributed by atoms with van der Waals surface area (Å²) in [7, 11) is 0. The summed E-state index contributed by atoms with van der Waals surface area (Å²) in [5, 5.41) is 6.07. The Morgan fingerprint density at radius 1 is 1.15 bits per heavy atom. The lowest BCUT2D eigenvalue weighted by molar-refractivity contribution is 0.0938. The molecule has 1 amide bonds. The van der Waals surface area contributed by atoms with E-state index in [0.717, 1.165) is 11.4 Å². The average molecular weight is 269 g/mol. The zero-order chi connectivity index (χ0) is 14.5. The Morgan fingerprint density at radius 3 is 2.55 bits per heavy atom. The molecule has 0 radical (unpaired) electrons. The van der Waals surface area contributed by atoms with E-state index in [1.807, 2.05) is 45.0 Å². The predicted molar refractivity (Wildman–Crippen MR) is 81.3 cm³/mol. The van der Waals surface area contributed by atoms with Gasteiger partial charge in [0.2, 0.25) is 0 Å². The molecule has 4 nitrogen and oxygen atoms in total. The number of aromatic nitrogens is 1. The quantitative estimate of drug-likeness (QED) is 0.895. The third-order valence-electron chi connectivity index (χ3n) is 2.72. The van der Waals surface area contributed by atoms with E-state index in [-0.39, 0.29) is 11.9 Å². The molecule has 0 fully saturated rings. The Hall–Kier alpha value is -2.36. The number of hydrogen-bond acceptors (Lipinski definition) is 3. The summed E-state index contributed by atoms with van der Waals surface area (Å²) in [6.07, 6.45) is 1.66. The van der Waals surface area contributed by atoms with E-state index in [1.165, 1.54) is 5.56 Å². The zero-order valence-electron chi connectivity index (χ0n) is 12.0. The number of benzene rings is 1. The van der Waals surface area contributed by atoms with Crippen molar-refractivity contribution in [3.05, 3.63) is 53.9 Å². The van der Waals surface area contributed by atoms with Gasteiger partial charge in [-0.3, -0.25) is 4.79 Å². The van der Waals surface area contributed by atoms with Crippen LogP contribution in [-0.2, 0) is 0 Å². The van der Waals surface area contributed by atoms with Crippen LogP contribution in [0.2, 0.25) is 0 Å². The van der Waals surface area contributed by atoms with Crippen molar-refractivity contribution in [3.8, 4) is 0 Å². The van der Waals surface area contributed by atoms with Crippen LogP contribution in [0, 0.1) is 6.92 Å². The second-order valence-electron chi connectivity index (χ2n) is 5.05. The number of nitrogens with one attached hydrogen (secondary N) is 2. The van der Waals surface area contributed by atoms with Crippen molar-refractivity contribution in [2.75, 3.05) is 5.32 Å². The molecule has 0 saturated heterocycles. The van der Waals surface area contributed by atoms with Crippen LogP contribution >= 0.6 is 0 Å². The second kappa shape index (κ2) is 6.19. The molecule has 2 rings (SSSR count). The molecule has 0 saturated carbocycles. The molecule has 4 heteroatoms. The molecule has 1 aromatic heterocycles. The van der Waals surface area contributed by atoms with Crippen LogP contribution in [-0.4, -0.2) is 16.9 Å². The van der Waals surface area contributed by atoms with Gasteiger partial charge in [0.25, 0.3) is 5.91 Å². The number of rotatable bonds is 4. The monoisotopic (exact) mass is 269 g/mol. The van der Waals surface area contributed by atoms with Crippen molar-refractivity contribution >= 4 is 17.3 Å². The van der Waals surface area contributed by atoms with Gasteiger partial charge in [-0.15, -0.1) is 0 Å². The second-order valence-corrected chi connectivity index (χ2v) is 5.05. The molecule has 0 aliphatic carbocycles. The van der Waals surface area contributed by atoms with Crippen LogP contribution in [0.25, 0.3) is 0 Å². The molecular weight excluding hydrogens is 250 g/mol. The van der Waals surface area contributed by atoms with Gasteiger partial charge >= 0.3 is 0 Å². The van der Waals surface area contributed by atoms with Crippen LogP contribution < -0.4 is 10.6 Å². The van der Waals surface area contributed by atoms with Gasteiger partial charge in [0, 0.05) is 11.7 Å². The SMILES string of the molecule is Cc1cccc(Nc2ccc(C(=O)NC(C)C)nc2)c1. The van der Waals surface area contributed by atoms with Crippen LogP contribution in [0.3, 0.4) is 0 Å². The number of carbonyl (C=O) groups excluding carboxylic acids is 1. The highest BCUT2D eigenvalue weighted by Crippen LogP contribution is 2.16. The molecule has 0 spiro atoms. The Morgan fingerprint density at radius 2 is 1.95 bits per heavy atom. The number of aryl methyl sites for hydroxylation is 1. The van der Waals surface area contributed by atoms with E-state index < -0.39 is 0 Å². The van der Waals surface area contributed by atoms with E-state index in [9.17, 15) is 4.79 Å². The smallest absolute Gasteiger partial charge is 0.270 e. The zero-order valence-corrected chi connectivity index (χ0v) is 12.0. The fourth-order valence-electron chi connectivity index (χ4n) is 1.83. The molecular formula is C16H19N3O. The highest BCUT2D eigenvalue weighted by molar-refractivity contribution is 5.92. The molecule has 20 heavy (non-hydrogen) atoms. The summed E-state index contributed by atoms with van der Waals surface area (Å²) in [5.41, 5.74) is 3.48. The van der Waals surface area contributed by atoms with Crippen molar-refractivity contribution in [1.82, 2.24) is 10.3 Å². The Balaban J connectivity index is 2.07. The minimum atomic E-state index is -0.151. The molecule has 104 valence electrons. The van der Waals surface area contributed by atoms with Crippen LogP contribution in [0.4, 0.5) is 11.4 Å². The number of amides is 1. The summed E-state index contributed by atoms with van der Waals surface area (Å²) >= 11 is 0. The summed E-state index contributed by atoms with van der Waals surface area (Å²) in [6, 6.07) is 11.8. The van der Waals surface area contributed by atoms with Gasteiger partial charge in [0.15, 0.2) is 0 Å². The minimum Gasteiger partial charge on any atom is -0.354 e. The van der Waals surface area contributed by atoms with E-state index in [1.54, 1.807) is 12.3 Å². The van der Waals surface area contributed by atoms with Gasteiger partial charge in [0.05, 0.1) is 11.9 Å². The summed E-state index contributed by atoms with van der Waals surface area (Å²) in [5.74, 6) is -0.151. The topological polar surface area (TPSA) is 54.0 Å². The van der Waals surface area contributed by atoms with Gasteiger partial charge in [-0.2, -0.15) is 0 Å². The van der Waals surface area contributed by atoms with Gasteiger partial charge in [0.1, 0.15) is 5.69 Å². The first-order valence-electron chi connectivity index (χ1n) is 6.65. The Bertz CT molecular complexity index is 591. The van der Waals surface area contributed by atoms with Crippen LogP contribution in [0.15, 0.2) is 42.6 Å². The lowest BCUT2D eigenvalue weighted by Crippen LogP contribution is -2.30. The van der Waals surface area contributed by atoms with Crippen molar-refractivity contribution in [3.63, 3.8) is 0 Å². The lowest BCUT2D eigenvalue weighted by atomic mass is 10.2. The third kappa shape index (κ3) is 3.82. The molecule has 2 N–H and O–H groups in total.